The molecule has 7 nitrogen and oxygen atoms in total. The Kier molecular flexibility index (Phi) is 6.97. The number of anilines is 1. The number of aromatic nitrogens is 2. The van der Waals surface area contributed by atoms with E-state index in [1.807, 2.05) is 37.3 Å². The third kappa shape index (κ3) is 5.37. The minimum atomic E-state index is -0.375. The highest BCUT2D eigenvalue weighted by Gasteiger charge is 2.27. The zero-order valence-corrected chi connectivity index (χ0v) is 21.1. The Morgan fingerprint density at radius 3 is 2.57 bits per heavy atom. The number of hydrogen-bond donors (Lipinski definition) is 3. The molecule has 1 fully saturated rings. The van der Waals surface area contributed by atoms with E-state index in [2.05, 4.69) is 15.7 Å². The van der Waals surface area contributed by atoms with Crippen LogP contribution in [0, 0.1) is 6.92 Å². The van der Waals surface area contributed by atoms with Crippen molar-refractivity contribution in [2.45, 2.75) is 38.6 Å². The summed E-state index contributed by atoms with van der Waals surface area (Å²) in [7, 11) is 0. The van der Waals surface area contributed by atoms with E-state index < -0.39 is 0 Å². The lowest BCUT2D eigenvalue weighted by Crippen LogP contribution is -2.31. The summed E-state index contributed by atoms with van der Waals surface area (Å²) >= 11 is 6.12. The molecule has 3 aromatic carbocycles. The molecule has 0 bridgehead atoms. The lowest BCUT2D eigenvalue weighted by atomic mass is 9.82. The molecule has 0 radical (unpaired) electrons. The first kappa shape index (κ1) is 24.6. The van der Waals surface area contributed by atoms with Gasteiger partial charge in [-0.05, 0) is 55.7 Å². The van der Waals surface area contributed by atoms with Crippen LogP contribution in [0.15, 0.2) is 72.8 Å². The van der Waals surface area contributed by atoms with E-state index in [-0.39, 0.29) is 23.6 Å². The molecular formula is C29H27ClN4O3. The second-order valence-corrected chi connectivity index (χ2v) is 9.71. The Morgan fingerprint density at radius 2 is 1.86 bits per heavy atom. The topological polar surface area (TPSA) is 96.3 Å². The van der Waals surface area contributed by atoms with Gasteiger partial charge in [0.05, 0.1) is 22.0 Å². The fourth-order valence-electron chi connectivity index (χ4n) is 4.43. The largest absolute Gasteiger partial charge is 0.507 e. The highest BCUT2D eigenvalue weighted by molar-refractivity contribution is 6.34. The number of carbonyl (C=O) groups is 2. The van der Waals surface area contributed by atoms with Crippen LogP contribution in [0.25, 0.3) is 11.3 Å². The summed E-state index contributed by atoms with van der Waals surface area (Å²) in [6.07, 6.45) is 3.10. The van der Waals surface area contributed by atoms with Crippen molar-refractivity contribution in [3.63, 3.8) is 0 Å². The first-order valence-corrected chi connectivity index (χ1v) is 12.6. The number of carbonyl (C=O) groups excluding carboxylic acids is 2. The molecule has 0 aliphatic heterocycles. The summed E-state index contributed by atoms with van der Waals surface area (Å²) in [6.45, 7) is 2.41. The zero-order valence-electron chi connectivity index (χ0n) is 20.4. The number of phenols is 1. The van der Waals surface area contributed by atoms with Crippen LogP contribution in [0.2, 0.25) is 5.02 Å². The number of aryl methyl sites for hydroxylation is 1. The van der Waals surface area contributed by atoms with Gasteiger partial charge in [-0.15, -0.1) is 0 Å². The van der Waals surface area contributed by atoms with Crippen LogP contribution in [-0.4, -0.2) is 26.8 Å². The Bertz CT molecular complexity index is 1480. The normalized spacial score (nSPS) is 13.1. The van der Waals surface area contributed by atoms with Crippen LogP contribution in [0.1, 0.15) is 52.4 Å². The molecule has 3 N–H and O–H groups in total. The van der Waals surface area contributed by atoms with Crippen molar-refractivity contribution < 1.29 is 14.7 Å². The van der Waals surface area contributed by atoms with Gasteiger partial charge in [-0.1, -0.05) is 60.0 Å². The predicted octanol–water partition coefficient (Wildman–Crippen LogP) is 6.50. The van der Waals surface area contributed by atoms with E-state index >= 15 is 0 Å². The Balaban J connectivity index is 1.36. The van der Waals surface area contributed by atoms with Crippen molar-refractivity contribution in [1.82, 2.24) is 15.1 Å². The Morgan fingerprint density at radius 1 is 1.05 bits per heavy atom. The van der Waals surface area contributed by atoms with E-state index in [9.17, 15) is 14.7 Å². The van der Waals surface area contributed by atoms with Crippen LogP contribution in [0.3, 0.4) is 0 Å². The standard InChI is InChI=1S/C29H27ClN4O3/c1-18-6-4-7-19(14-18)17-31-29(37)34-26(20-8-5-9-20)16-25(33-34)23-13-12-21(15-27(23)35)32-28(36)22-10-2-3-11-24(22)30/h2-4,6-7,10-16,20,35H,5,8-9,17H2,1H3,(H,31,37)(H,32,36). The van der Waals surface area contributed by atoms with Crippen LogP contribution in [-0.2, 0) is 6.54 Å². The Hall–Kier alpha value is -4.10. The molecule has 1 aliphatic carbocycles. The average molecular weight is 515 g/mol. The van der Waals surface area contributed by atoms with Gasteiger partial charge in [0.2, 0.25) is 0 Å². The molecule has 1 heterocycles. The maximum atomic E-state index is 13.1. The van der Waals surface area contributed by atoms with Gasteiger partial charge in [-0.25, -0.2) is 4.79 Å². The van der Waals surface area contributed by atoms with Gasteiger partial charge in [-0.3, -0.25) is 4.79 Å². The number of aromatic hydroxyl groups is 1. The number of nitrogens with zero attached hydrogens (tertiary/aromatic N) is 2. The minimum absolute atomic E-state index is 0.0538. The molecule has 188 valence electrons. The van der Waals surface area contributed by atoms with Crippen LogP contribution in [0.4, 0.5) is 10.5 Å². The first-order chi connectivity index (χ1) is 17.9. The number of hydrogen-bond acceptors (Lipinski definition) is 4. The summed E-state index contributed by atoms with van der Waals surface area (Å²) in [6, 6.07) is 21.1. The van der Waals surface area contributed by atoms with E-state index in [0.717, 1.165) is 36.1 Å². The molecular weight excluding hydrogens is 488 g/mol. The summed E-state index contributed by atoms with van der Waals surface area (Å²) in [5.74, 6) is -0.177. The van der Waals surface area contributed by atoms with Gasteiger partial charge in [0, 0.05) is 29.8 Å². The summed E-state index contributed by atoms with van der Waals surface area (Å²) < 4.78 is 1.42. The van der Waals surface area contributed by atoms with E-state index in [1.54, 1.807) is 36.4 Å². The predicted molar refractivity (Wildman–Crippen MR) is 144 cm³/mol. The zero-order chi connectivity index (χ0) is 25.9. The molecule has 37 heavy (non-hydrogen) atoms. The van der Waals surface area contributed by atoms with Crippen molar-refractivity contribution in [2.75, 3.05) is 5.32 Å². The number of halogens is 1. The molecule has 1 aliphatic rings. The summed E-state index contributed by atoms with van der Waals surface area (Å²) in [5.41, 5.74) is 4.70. The number of amides is 2. The van der Waals surface area contributed by atoms with Crippen LogP contribution in [0.5, 0.6) is 5.75 Å². The average Bonchev–Trinajstić information content (AvgIpc) is 3.26. The van der Waals surface area contributed by atoms with E-state index in [0.29, 0.717) is 34.1 Å². The molecule has 0 atom stereocenters. The van der Waals surface area contributed by atoms with Gasteiger partial charge in [0.25, 0.3) is 5.91 Å². The molecule has 0 spiro atoms. The molecule has 0 unspecified atom stereocenters. The summed E-state index contributed by atoms with van der Waals surface area (Å²) in [4.78, 5) is 25.7. The van der Waals surface area contributed by atoms with Crippen molar-refractivity contribution in [3.8, 4) is 17.0 Å². The third-order valence-electron chi connectivity index (χ3n) is 6.63. The van der Waals surface area contributed by atoms with Crippen LogP contribution < -0.4 is 10.6 Å². The highest BCUT2D eigenvalue weighted by Crippen LogP contribution is 2.39. The van der Waals surface area contributed by atoms with Crippen molar-refractivity contribution >= 4 is 29.2 Å². The highest BCUT2D eigenvalue weighted by atomic mass is 35.5. The van der Waals surface area contributed by atoms with Gasteiger partial charge in [-0.2, -0.15) is 9.78 Å². The lowest BCUT2D eigenvalue weighted by Gasteiger charge is -2.25. The molecule has 4 aromatic rings. The van der Waals surface area contributed by atoms with E-state index in [4.69, 9.17) is 11.6 Å². The van der Waals surface area contributed by atoms with Gasteiger partial charge < -0.3 is 15.7 Å². The fourth-order valence-corrected chi connectivity index (χ4v) is 4.65. The molecule has 5 rings (SSSR count). The number of phenolic OH excluding ortho intramolecular Hbond substituents is 1. The van der Waals surface area contributed by atoms with E-state index in [1.165, 1.54) is 10.7 Å². The fraction of sp³-hybridized carbons (Fsp3) is 0.207. The van der Waals surface area contributed by atoms with Gasteiger partial charge >= 0.3 is 6.03 Å². The molecule has 1 saturated carbocycles. The van der Waals surface area contributed by atoms with Gasteiger partial charge in [0.15, 0.2) is 0 Å². The smallest absolute Gasteiger partial charge is 0.342 e. The maximum absolute atomic E-state index is 13.1. The minimum Gasteiger partial charge on any atom is -0.507 e. The SMILES string of the molecule is Cc1cccc(CNC(=O)n2nc(-c3ccc(NC(=O)c4ccccc4Cl)cc3O)cc2C2CCC2)c1. The van der Waals surface area contributed by atoms with Gasteiger partial charge in [0.1, 0.15) is 5.75 Å². The maximum Gasteiger partial charge on any atom is 0.342 e. The molecule has 1 aromatic heterocycles. The number of benzene rings is 3. The van der Waals surface area contributed by atoms with Crippen molar-refractivity contribution in [2.24, 2.45) is 0 Å². The molecule has 0 saturated heterocycles. The lowest BCUT2D eigenvalue weighted by molar-refractivity contribution is 0.102. The van der Waals surface area contributed by atoms with Crippen LogP contribution >= 0.6 is 11.6 Å². The molecule has 8 heteroatoms. The van der Waals surface area contributed by atoms with Crippen molar-refractivity contribution in [1.29, 1.82) is 0 Å². The first-order valence-electron chi connectivity index (χ1n) is 12.2. The number of nitrogens with one attached hydrogen (secondary N) is 2. The monoisotopic (exact) mass is 514 g/mol. The Labute approximate surface area is 220 Å². The second-order valence-electron chi connectivity index (χ2n) is 9.31. The summed E-state index contributed by atoms with van der Waals surface area (Å²) in [5, 5.41) is 21.4. The third-order valence-corrected chi connectivity index (χ3v) is 6.96. The molecule has 2 amide bonds. The second kappa shape index (κ2) is 10.5. The quantitative estimate of drug-likeness (QED) is 0.274. The number of rotatable bonds is 6. The van der Waals surface area contributed by atoms with Crippen molar-refractivity contribution in [3.05, 3.63) is 100 Å².